The smallest absolute Gasteiger partial charge is 0.0702 e. The Morgan fingerprint density at radius 1 is 1.17 bits per heavy atom. The number of nitrogens with one attached hydrogen (secondary N) is 1. The summed E-state index contributed by atoms with van der Waals surface area (Å²) in [7, 11) is 0. The SMILES string of the molecule is CC(Nc1ccc2sccc2c1)c1ccc(Br)s1. The molecule has 2 heterocycles. The van der Waals surface area contributed by atoms with Crippen molar-refractivity contribution in [2.75, 3.05) is 5.32 Å². The van der Waals surface area contributed by atoms with Crippen LogP contribution in [0.5, 0.6) is 0 Å². The first-order chi connectivity index (χ1) is 8.72. The number of fused-ring (bicyclic) bond motifs is 1. The van der Waals surface area contributed by atoms with Gasteiger partial charge in [0.2, 0.25) is 0 Å². The third kappa shape index (κ3) is 2.46. The number of thiophene rings is 2. The van der Waals surface area contributed by atoms with Gasteiger partial charge in [0.05, 0.1) is 9.83 Å². The second kappa shape index (κ2) is 5.03. The topological polar surface area (TPSA) is 12.0 Å². The Hall–Kier alpha value is -0.840. The average Bonchev–Trinajstić information content (AvgIpc) is 2.96. The van der Waals surface area contributed by atoms with E-state index in [9.17, 15) is 0 Å². The molecule has 1 aromatic carbocycles. The number of halogens is 1. The minimum atomic E-state index is 0.331. The van der Waals surface area contributed by atoms with Crippen LogP contribution in [-0.2, 0) is 0 Å². The molecule has 0 bridgehead atoms. The first-order valence-corrected chi connectivity index (χ1v) is 8.20. The van der Waals surface area contributed by atoms with Crippen molar-refractivity contribution in [2.24, 2.45) is 0 Å². The number of anilines is 1. The molecule has 92 valence electrons. The Kier molecular flexibility index (Phi) is 3.41. The summed E-state index contributed by atoms with van der Waals surface area (Å²) in [6.07, 6.45) is 0. The third-order valence-corrected chi connectivity index (χ3v) is 5.56. The van der Waals surface area contributed by atoms with Crippen LogP contribution >= 0.6 is 38.6 Å². The van der Waals surface area contributed by atoms with E-state index in [1.165, 1.54) is 24.4 Å². The van der Waals surface area contributed by atoms with Gasteiger partial charge in [0, 0.05) is 15.3 Å². The lowest BCUT2D eigenvalue weighted by molar-refractivity contribution is 0.909. The van der Waals surface area contributed by atoms with Crippen LogP contribution in [0.4, 0.5) is 5.69 Å². The summed E-state index contributed by atoms with van der Waals surface area (Å²) in [6, 6.07) is 13.3. The quantitative estimate of drug-likeness (QED) is 0.627. The van der Waals surface area contributed by atoms with E-state index in [0.717, 1.165) is 0 Å². The van der Waals surface area contributed by atoms with Crippen molar-refractivity contribution in [3.63, 3.8) is 0 Å². The second-order valence-electron chi connectivity index (χ2n) is 4.18. The molecule has 0 amide bonds. The Labute approximate surface area is 123 Å². The molecule has 0 aliphatic heterocycles. The minimum Gasteiger partial charge on any atom is -0.378 e. The zero-order valence-electron chi connectivity index (χ0n) is 9.81. The van der Waals surface area contributed by atoms with Crippen molar-refractivity contribution in [3.05, 3.63) is 50.4 Å². The lowest BCUT2D eigenvalue weighted by Crippen LogP contribution is -2.04. The zero-order valence-corrected chi connectivity index (χ0v) is 13.0. The molecule has 4 heteroatoms. The fourth-order valence-corrected chi connectivity index (χ4v) is 4.14. The van der Waals surface area contributed by atoms with Crippen molar-refractivity contribution >= 4 is 54.4 Å². The Balaban J connectivity index is 1.83. The van der Waals surface area contributed by atoms with E-state index in [-0.39, 0.29) is 0 Å². The van der Waals surface area contributed by atoms with E-state index in [1.807, 2.05) is 0 Å². The van der Waals surface area contributed by atoms with E-state index in [0.29, 0.717) is 6.04 Å². The molecule has 0 saturated carbocycles. The van der Waals surface area contributed by atoms with Crippen LogP contribution < -0.4 is 5.32 Å². The first kappa shape index (κ1) is 12.2. The van der Waals surface area contributed by atoms with Gasteiger partial charge in [-0.25, -0.2) is 0 Å². The molecule has 1 unspecified atom stereocenters. The molecule has 1 N–H and O–H groups in total. The molecule has 1 atom stereocenters. The first-order valence-electron chi connectivity index (χ1n) is 5.71. The van der Waals surface area contributed by atoms with E-state index >= 15 is 0 Å². The fourth-order valence-electron chi connectivity index (χ4n) is 1.94. The van der Waals surface area contributed by atoms with Crippen LogP contribution in [0.3, 0.4) is 0 Å². The molecule has 0 aliphatic carbocycles. The molecule has 0 radical (unpaired) electrons. The Morgan fingerprint density at radius 3 is 2.83 bits per heavy atom. The number of benzene rings is 1. The van der Waals surface area contributed by atoms with E-state index in [2.05, 4.69) is 69.9 Å². The van der Waals surface area contributed by atoms with Crippen molar-refractivity contribution in [1.82, 2.24) is 0 Å². The van der Waals surface area contributed by atoms with Crippen molar-refractivity contribution in [1.29, 1.82) is 0 Å². The lowest BCUT2D eigenvalue weighted by atomic mass is 10.2. The molecular weight excluding hydrogens is 326 g/mol. The summed E-state index contributed by atoms with van der Waals surface area (Å²) in [5, 5.41) is 6.99. The molecule has 0 spiro atoms. The summed E-state index contributed by atoms with van der Waals surface area (Å²) in [6.45, 7) is 2.19. The largest absolute Gasteiger partial charge is 0.378 e. The average molecular weight is 338 g/mol. The van der Waals surface area contributed by atoms with Gasteiger partial charge >= 0.3 is 0 Å². The molecule has 2 aromatic heterocycles. The summed E-state index contributed by atoms with van der Waals surface area (Å²) < 4.78 is 2.52. The van der Waals surface area contributed by atoms with Gasteiger partial charge in [-0.1, -0.05) is 0 Å². The van der Waals surface area contributed by atoms with Crippen molar-refractivity contribution < 1.29 is 0 Å². The van der Waals surface area contributed by atoms with Gasteiger partial charge in [0.1, 0.15) is 0 Å². The predicted octanol–water partition coefficient (Wildman–Crippen LogP) is 5.90. The highest BCUT2D eigenvalue weighted by atomic mass is 79.9. The molecule has 3 aromatic rings. The van der Waals surface area contributed by atoms with Crippen LogP contribution in [0.25, 0.3) is 10.1 Å². The monoisotopic (exact) mass is 337 g/mol. The van der Waals surface area contributed by atoms with Crippen molar-refractivity contribution in [2.45, 2.75) is 13.0 Å². The maximum Gasteiger partial charge on any atom is 0.0702 e. The normalized spacial score (nSPS) is 12.8. The van der Waals surface area contributed by atoms with Gasteiger partial charge in [-0.2, -0.15) is 0 Å². The van der Waals surface area contributed by atoms with E-state index in [1.54, 1.807) is 22.7 Å². The fraction of sp³-hybridized carbons (Fsp3) is 0.143. The molecular formula is C14H12BrNS2. The molecule has 0 aliphatic rings. The van der Waals surface area contributed by atoms with E-state index in [4.69, 9.17) is 0 Å². The third-order valence-electron chi connectivity index (χ3n) is 2.86. The summed E-state index contributed by atoms with van der Waals surface area (Å²) in [5.74, 6) is 0. The van der Waals surface area contributed by atoms with Gasteiger partial charge in [0.25, 0.3) is 0 Å². The molecule has 1 nitrogen and oxygen atoms in total. The van der Waals surface area contributed by atoms with Gasteiger partial charge in [0.15, 0.2) is 0 Å². The van der Waals surface area contributed by atoms with Gasteiger partial charge < -0.3 is 5.32 Å². The molecule has 18 heavy (non-hydrogen) atoms. The predicted molar refractivity (Wildman–Crippen MR) is 85.9 cm³/mol. The van der Waals surface area contributed by atoms with Crippen LogP contribution in [-0.4, -0.2) is 0 Å². The van der Waals surface area contributed by atoms with Gasteiger partial charge in [-0.3, -0.25) is 0 Å². The maximum atomic E-state index is 3.55. The Bertz CT molecular complexity index is 671. The molecule has 0 saturated heterocycles. The minimum absolute atomic E-state index is 0.331. The van der Waals surface area contributed by atoms with Crippen LogP contribution in [0, 0.1) is 0 Å². The standard InChI is InChI=1S/C14H12BrNS2/c1-9(12-4-5-14(15)18-12)16-11-2-3-13-10(8-11)6-7-17-13/h2-9,16H,1H3. The van der Waals surface area contributed by atoms with Crippen LogP contribution in [0.1, 0.15) is 17.8 Å². The highest BCUT2D eigenvalue weighted by Crippen LogP contribution is 2.30. The lowest BCUT2D eigenvalue weighted by Gasteiger charge is -2.13. The van der Waals surface area contributed by atoms with Crippen LogP contribution in [0.15, 0.2) is 45.6 Å². The second-order valence-corrected chi connectivity index (χ2v) is 7.62. The van der Waals surface area contributed by atoms with Gasteiger partial charge in [-0.15, -0.1) is 22.7 Å². The van der Waals surface area contributed by atoms with Gasteiger partial charge in [-0.05, 0) is 70.0 Å². The molecule has 0 fully saturated rings. The number of rotatable bonds is 3. The number of hydrogen-bond acceptors (Lipinski definition) is 3. The zero-order chi connectivity index (χ0) is 12.5. The summed E-state index contributed by atoms with van der Waals surface area (Å²) in [4.78, 5) is 1.34. The Morgan fingerprint density at radius 2 is 2.06 bits per heavy atom. The number of hydrogen-bond donors (Lipinski definition) is 1. The summed E-state index contributed by atoms with van der Waals surface area (Å²) >= 11 is 7.06. The molecule has 3 rings (SSSR count). The van der Waals surface area contributed by atoms with Crippen molar-refractivity contribution in [3.8, 4) is 0 Å². The highest BCUT2D eigenvalue weighted by molar-refractivity contribution is 9.11. The highest BCUT2D eigenvalue weighted by Gasteiger charge is 2.08. The maximum absolute atomic E-state index is 3.55. The van der Waals surface area contributed by atoms with Crippen LogP contribution in [0.2, 0.25) is 0 Å². The summed E-state index contributed by atoms with van der Waals surface area (Å²) in [5.41, 5.74) is 1.18. The van der Waals surface area contributed by atoms with E-state index < -0.39 is 0 Å².